The average Bonchev–Trinajstić information content (AvgIpc) is 2.87. The number of benzene rings is 3. The van der Waals surface area contributed by atoms with Crippen LogP contribution in [0.2, 0.25) is 0 Å². The van der Waals surface area contributed by atoms with Crippen LogP contribution in [0.1, 0.15) is 17.5 Å². The van der Waals surface area contributed by atoms with Gasteiger partial charge in [0.05, 0.1) is 29.2 Å². The van der Waals surface area contributed by atoms with Gasteiger partial charge >= 0.3 is 0 Å². The summed E-state index contributed by atoms with van der Waals surface area (Å²) in [7, 11) is 0. The number of hydrogen-bond donors (Lipinski definition) is 1. The number of aryl methyl sites for hydroxylation is 1. The number of para-hydroxylation sites is 2. The van der Waals surface area contributed by atoms with Crippen molar-refractivity contribution in [2.45, 2.75) is 13.3 Å². The lowest BCUT2D eigenvalue weighted by atomic mass is 10.1. The number of anilines is 2. The molecule has 5 nitrogen and oxygen atoms in total. The fourth-order valence-corrected chi connectivity index (χ4v) is 3.35. The molecule has 3 aromatic rings. The van der Waals surface area contributed by atoms with E-state index in [1.165, 1.54) is 4.90 Å². The van der Waals surface area contributed by atoms with Crippen LogP contribution in [0.4, 0.5) is 25.8 Å². The number of amides is 2. The van der Waals surface area contributed by atoms with E-state index in [0.717, 1.165) is 23.3 Å². The number of nitrogens with one attached hydrogen (secondary N) is 1. The lowest BCUT2D eigenvalue weighted by Gasteiger charge is -2.22. The van der Waals surface area contributed by atoms with Crippen molar-refractivity contribution in [3.63, 3.8) is 0 Å². The van der Waals surface area contributed by atoms with Crippen molar-refractivity contribution in [2.75, 3.05) is 16.8 Å². The second-order valence-corrected chi connectivity index (χ2v) is 7.24. The van der Waals surface area contributed by atoms with E-state index >= 15 is 0 Å². The fraction of sp³-hybridized carbons (Fsp3) is 0.125. The standard InChI is InChI=1S/C24H19F2N3O2/c1-15-6-8-16(9-7-15)21-13-24(31)29(22-5-3-2-4-20(22)27-21)14-23(30)28-19-11-10-17(25)12-18(19)26/h2-12H,13-14H2,1H3,(H,28,30). The number of carbonyl (C=O) groups is 2. The molecule has 0 saturated carbocycles. The van der Waals surface area contributed by atoms with Gasteiger partial charge in [-0.25, -0.2) is 8.78 Å². The molecule has 0 unspecified atom stereocenters. The van der Waals surface area contributed by atoms with E-state index in [-0.39, 0.29) is 24.6 Å². The monoisotopic (exact) mass is 419 g/mol. The zero-order valence-corrected chi connectivity index (χ0v) is 16.7. The summed E-state index contributed by atoms with van der Waals surface area (Å²) in [5.74, 6) is -2.54. The summed E-state index contributed by atoms with van der Waals surface area (Å²) >= 11 is 0. The first-order valence-electron chi connectivity index (χ1n) is 9.69. The molecule has 1 N–H and O–H groups in total. The normalized spacial score (nSPS) is 13.3. The summed E-state index contributed by atoms with van der Waals surface area (Å²) < 4.78 is 27.0. The van der Waals surface area contributed by atoms with Crippen molar-refractivity contribution in [1.82, 2.24) is 0 Å². The Labute approximate surface area is 178 Å². The van der Waals surface area contributed by atoms with Gasteiger partial charge in [-0.1, -0.05) is 42.0 Å². The molecule has 0 fully saturated rings. The van der Waals surface area contributed by atoms with Gasteiger partial charge in [0.25, 0.3) is 0 Å². The molecule has 3 aromatic carbocycles. The van der Waals surface area contributed by atoms with Crippen molar-refractivity contribution >= 4 is 34.6 Å². The van der Waals surface area contributed by atoms with Crippen LogP contribution in [0.15, 0.2) is 71.7 Å². The van der Waals surface area contributed by atoms with Crippen molar-refractivity contribution < 1.29 is 18.4 Å². The minimum atomic E-state index is -0.888. The Bertz CT molecular complexity index is 1190. The third kappa shape index (κ3) is 4.50. The molecule has 2 amide bonds. The van der Waals surface area contributed by atoms with E-state index in [2.05, 4.69) is 10.3 Å². The summed E-state index contributed by atoms with van der Waals surface area (Å²) in [6, 6.07) is 17.6. The largest absolute Gasteiger partial charge is 0.322 e. The van der Waals surface area contributed by atoms with Gasteiger partial charge in [0, 0.05) is 6.07 Å². The zero-order chi connectivity index (χ0) is 22.0. The molecule has 1 aliphatic heterocycles. The zero-order valence-electron chi connectivity index (χ0n) is 16.7. The topological polar surface area (TPSA) is 61.8 Å². The van der Waals surface area contributed by atoms with Gasteiger partial charge < -0.3 is 10.2 Å². The van der Waals surface area contributed by atoms with E-state index < -0.39 is 17.5 Å². The first kappa shape index (κ1) is 20.4. The molecule has 1 aliphatic rings. The van der Waals surface area contributed by atoms with Gasteiger partial charge in [-0.2, -0.15) is 0 Å². The van der Waals surface area contributed by atoms with Crippen molar-refractivity contribution in [1.29, 1.82) is 0 Å². The van der Waals surface area contributed by atoms with Gasteiger partial charge in [-0.3, -0.25) is 14.6 Å². The summed E-state index contributed by atoms with van der Waals surface area (Å²) in [6.07, 6.45) is 0.00985. The third-order valence-electron chi connectivity index (χ3n) is 4.94. The molecule has 0 radical (unpaired) electrons. The van der Waals surface area contributed by atoms with Crippen LogP contribution in [0, 0.1) is 18.6 Å². The minimum absolute atomic E-state index is 0.00985. The Morgan fingerprint density at radius 1 is 1.06 bits per heavy atom. The van der Waals surface area contributed by atoms with Crippen LogP contribution >= 0.6 is 0 Å². The van der Waals surface area contributed by atoms with Gasteiger partial charge in [0.1, 0.15) is 18.2 Å². The molecular weight excluding hydrogens is 400 g/mol. The van der Waals surface area contributed by atoms with Crippen molar-refractivity contribution in [2.24, 2.45) is 4.99 Å². The molecule has 31 heavy (non-hydrogen) atoms. The molecular formula is C24H19F2N3O2. The summed E-state index contributed by atoms with van der Waals surface area (Å²) in [4.78, 5) is 31.6. The highest BCUT2D eigenvalue weighted by molar-refractivity contribution is 6.19. The predicted molar refractivity (Wildman–Crippen MR) is 116 cm³/mol. The van der Waals surface area contributed by atoms with E-state index in [0.29, 0.717) is 23.2 Å². The van der Waals surface area contributed by atoms with Crippen LogP contribution in [0.25, 0.3) is 0 Å². The number of carbonyl (C=O) groups excluding carboxylic acids is 2. The molecule has 0 atom stereocenters. The van der Waals surface area contributed by atoms with Gasteiger partial charge in [-0.15, -0.1) is 0 Å². The second-order valence-electron chi connectivity index (χ2n) is 7.24. The van der Waals surface area contributed by atoms with Gasteiger partial charge in [-0.05, 0) is 36.8 Å². The Morgan fingerprint density at radius 3 is 2.55 bits per heavy atom. The van der Waals surface area contributed by atoms with E-state index in [4.69, 9.17) is 0 Å². The predicted octanol–water partition coefficient (Wildman–Crippen LogP) is 4.77. The minimum Gasteiger partial charge on any atom is -0.322 e. The molecule has 156 valence electrons. The molecule has 0 saturated heterocycles. The molecule has 0 spiro atoms. The number of fused-ring (bicyclic) bond motifs is 1. The number of halogens is 2. The highest BCUT2D eigenvalue weighted by atomic mass is 19.1. The Balaban J connectivity index is 1.60. The maximum Gasteiger partial charge on any atom is 0.244 e. The van der Waals surface area contributed by atoms with E-state index in [9.17, 15) is 18.4 Å². The Kier molecular flexibility index (Phi) is 5.58. The summed E-state index contributed by atoms with van der Waals surface area (Å²) in [6.45, 7) is 1.65. The quantitative estimate of drug-likeness (QED) is 0.662. The third-order valence-corrected chi connectivity index (χ3v) is 4.94. The lowest BCUT2D eigenvalue weighted by molar-refractivity contribution is -0.120. The number of nitrogens with zero attached hydrogens (tertiary/aromatic N) is 2. The summed E-state index contributed by atoms with van der Waals surface area (Å²) in [5, 5.41) is 2.39. The summed E-state index contributed by atoms with van der Waals surface area (Å²) in [5.41, 5.74) is 3.42. The van der Waals surface area contributed by atoms with Gasteiger partial charge in [0.2, 0.25) is 11.8 Å². The molecule has 0 aromatic heterocycles. The first-order valence-corrected chi connectivity index (χ1v) is 9.69. The van der Waals surface area contributed by atoms with Crippen LogP contribution in [-0.2, 0) is 9.59 Å². The molecule has 0 aliphatic carbocycles. The molecule has 7 heteroatoms. The fourth-order valence-electron chi connectivity index (χ4n) is 3.35. The Morgan fingerprint density at radius 2 is 1.81 bits per heavy atom. The second kappa shape index (κ2) is 8.47. The maximum absolute atomic E-state index is 13.9. The molecule has 1 heterocycles. The van der Waals surface area contributed by atoms with Crippen LogP contribution in [-0.4, -0.2) is 24.1 Å². The first-order chi connectivity index (χ1) is 14.9. The van der Waals surface area contributed by atoms with Crippen LogP contribution in [0.3, 0.4) is 0 Å². The number of rotatable bonds is 4. The Hall–Kier alpha value is -3.87. The highest BCUT2D eigenvalue weighted by Crippen LogP contribution is 2.33. The van der Waals surface area contributed by atoms with Crippen LogP contribution < -0.4 is 10.2 Å². The van der Waals surface area contributed by atoms with Crippen molar-refractivity contribution in [3.8, 4) is 0 Å². The molecule has 4 rings (SSSR count). The van der Waals surface area contributed by atoms with E-state index in [1.54, 1.807) is 24.3 Å². The number of hydrogen-bond acceptors (Lipinski definition) is 3. The van der Waals surface area contributed by atoms with Crippen molar-refractivity contribution in [3.05, 3.63) is 89.5 Å². The SMILES string of the molecule is Cc1ccc(C2=Nc3ccccc3N(CC(=O)Nc3ccc(F)cc3F)C(=O)C2)cc1. The smallest absolute Gasteiger partial charge is 0.244 e. The van der Waals surface area contributed by atoms with Crippen LogP contribution in [0.5, 0.6) is 0 Å². The lowest BCUT2D eigenvalue weighted by Crippen LogP contribution is -2.38. The maximum atomic E-state index is 13.9. The average molecular weight is 419 g/mol. The number of aliphatic imine (C=N–C) groups is 1. The van der Waals surface area contributed by atoms with E-state index in [1.807, 2.05) is 31.2 Å². The molecule has 0 bridgehead atoms. The highest BCUT2D eigenvalue weighted by Gasteiger charge is 2.26. The van der Waals surface area contributed by atoms with Gasteiger partial charge in [0.15, 0.2) is 0 Å².